The van der Waals surface area contributed by atoms with Crippen LogP contribution in [0.1, 0.15) is 46.3 Å². The Kier molecular flexibility index (Phi) is 6.64. The third-order valence-corrected chi connectivity index (χ3v) is 4.94. The molecule has 2 amide bonds. The zero-order valence-electron chi connectivity index (χ0n) is 16.5. The van der Waals surface area contributed by atoms with Crippen LogP contribution in [0.2, 0.25) is 0 Å². The van der Waals surface area contributed by atoms with E-state index < -0.39 is 30.2 Å². The number of furan rings is 1. The average molecular weight is 380 g/mol. The molecule has 0 bridgehead atoms. The molecular weight excluding hydrogens is 352 g/mol. The van der Waals surface area contributed by atoms with E-state index >= 15 is 0 Å². The van der Waals surface area contributed by atoms with Gasteiger partial charge in [0.2, 0.25) is 5.91 Å². The summed E-state index contributed by atoms with van der Waals surface area (Å²) in [6, 6.07) is -0.0325. The van der Waals surface area contributed by atoms with E-state index in [1.54, 1.807) is 13.8 Å². The molecule has 1 fully saturated rings. The van der Waals surface area contributed by atoms with Gasteiger partial charge < -0.3 is 24.5 Å². The molecule has 0 spiro atoms. The van der Waals surface area contributed by atoms with Gasteiger partial charge in [0, 0.05) is 6.07 Å². The number of hydrogen-bond acceptors (Lipinski definition) is 6. The molecule has 2 N–H and O–H groups in total. The smallest absolute Gasteiger partial charge is 0.413 e. The molecule has 0 aliphatic carbocycles. The monoisotopic (exact) mass is 380 g/mol. The topological polar surface area (TPSA) is 107 Å². The lowest BCUT2D eigenvalue weighted by molar-refractivity contribution is -0.128. The molecule has 150 valence electrons. The van der Waals surface area contributed by atoms with Gasteiger partial charge in [0.05, 0.1) is 12.4 Å². The predicted molar refractivity (Wildman–Crippen MR) is 97.4 cm³/mol. The Balaban J connectivity index is 2.07. The van der Waals surface area contributed by atoms with Crippen LogP contribution in [0.15, 0.2) is 16.7 Å². The summed E-state index contributed by atoms with van der Waals surface area (Å²) in [6.45, 7) is 9.40. The Hall–Kier alpha value is -2.35. The van der Waals surface area contributed by atoms with Crippen LogP contribution in [0.4, 0.5) is 4.79 Å². The van der Waals surface area contributed by atoms with Crippen molar-refractivity contribution in [3.05, 3.63) is 18.1 Å². The molecule has 1 aromatic heterocycles. The van der Waals surface area contributed by atoms with E-state index in [0.29, 0.717) is 12.2 Å². The highest BCUT2D eigenvalue weighted by Crippen LogP contribution is 2.27. The zero-order chi connectivity index (χ0) is 20.2. The van der Waals surface area contributed by atoms with E-state index in [2.05, 4.69) is 10.6 Å². The molecule has 1 aliphatic rings. The quantitative estimate of drug-likeness (QED) is 0.752. The van der Waals surface area contributed by atoms with Crippen LogP contribution in [0, 0.1) is 12.3 Å². The highest BCUT2D eigenvalue weighted by atomic mass is 16.6. The van der Waals surface area contributed by atoms with Crippen LogP contribution in [0.3, 0.4) is 0 Å². The Morgan fingerprint density at radius 1 is 1.41 bits per heavy atom. The summed E-state index contributed by atoms with van der Waals surface area (Å²) in [5, 5.41) is 5.31. The van der Waals surface area contributed by atoms with E-state index in [0.717, 1.165) is 6.42 Å². The van der Waals surface area contributed by atoms with E-state index in [-0.39, 0.29) is 23.6 Å². The van der Waals surface area contributed by atoms with Gasteiger partial charge in [-0.3, -0.25) is 9.59 Å². The SMILES string of the molecule is CCC(C)(C)C[C@H](NC(=O)Oc1ccoc1C)C(=O)N[C@@H]1C(=O)CO[C@H]1C. The predicted octanol–water partition coefficient (Wildman–Crippen LogP) is 2.34. The maximum Gasteiger partial charge on any atom is 0.413 e. The van der Waals surface area contributed by atoms with Gasteiger partial charge in [0.1, 0.15) is 24.5 Å². The van der Waals surface area contributed by atoms with Gasteiger partial charge in [0.25, 0.3) is 0 Å². The Labute approximate surface area is 159 Å². The number of ketones is 1. The molecule has 2 rings (SSSR count). The number of amides is 2. The number of ether oxygens (including phenoxy) is 2. The fourth-order valence-corrected chi connectivity index (χ4v) is 2.77. The van der Waals surface area contributed by atoms with Gasteiger partial charge >= 0.3 is 6.09 Å². The van der Waals surface area contributed by atoms with Crippen molar-refractivity contribution in [2.45, 2.75) is 65.6 Å². The molecule has 0 unspecified atom stereocenters. The summed E-state index contributed by atoms with van der Waals surface area (Å²) < 4.78 is 15.6. The standard InChI is InChI=1S/C19H28N2O6/c1-6-19(4,5)9-13(17(23)21-16-12(3)26-10-14(16)22)20-18(24)27-15-7-8-25-11(15)2/h7-8,12-13,16H,6,9-10H2,1-5H3,(H,20,24)(H,21,23)/t12-,13-,16-/m0/s1. The van der Waals surface area contributed by atoms with Crippen molar-refractivity contribution in [2.24, 2.45) is 5.41 Å². The number of hydrogen-bond donors (Lipinski definition) is 2. The van der Waals surface area contributed by atoms with Crippen LogP contribution in [0.5, 0.6) is 5.75 Å². The zero-order valence-corrected chi connectivity index (χ0v) is 16.5. The van der Waals surface area contributed by atoms with Crippen LogP contribution in [-0.2, 0) is 14.3 Å². The molecule has 1 saturated heterocycles. The van der Waals surface area contributed by atoms with E-state index in [4.69, 9.17) is 13.9 Å². The molecule has 8 nitrogen and oxygen atoms in total. The molecule has 8 heteroatoms. The third-order valence-electron chi connectivity index (χ3n) is 4.94. The molecule has 27 heavy (non-hydrogen) atoms. The van der Waals surface area contributed by atoms with E-state index in [1.165, 1.54) is 12.3 Å². The highest BCUT2D eigenvalue weighted by Gasteiger charge is 2.37. The summed E-state index contributed by atoms with van der Waals surface area (Å²) in [4.78, 5) is 36.9. The fourth-order valence-electron chi connectivity index (χ4n) is 2.77. The first kappa shape index (κ1) is 21.0. The van der Waals surface area contributed by atoms with Crippen LogP contribution < -0.4 is 15.4 Å². The number of nitrogens with one attached hydrogen (secondary N) is 2. The molecule has 0 aromatic carbocycles. The number of Topliss-reactive ketones (excluding diaryl/α,β-unsaturated/α-hetero) is 1. The molecule has 0 saturated carbocycles. The molecular formula is C19H28N2O6. The highest BCUT2D eigenvalue weighted by molar-refractivity contribution is 5.94. The number of carbonyl (C=O) groups excluding carboxylic acids is 3. The van der Waals surface area contributed by atoms with Crippen molar-refractivity contribution in [3.63, 3.8) is 0 Å². The lowest BCUT2D eigenvalue weighted by Gasteiger charge is -2.29. The molecule has 2 heterocycles. The summed E-state index contributed by atoms with van der Waals surface area (Å²) in [5.41, 5.74) is -0.192. The summed E-state index contributed by atoms with van der Waals surface area (Å²) in [7, 11) is 0. The first-order valence-corrected chi connectivity index (χ1v) is 9.10. The van der Waals surface area contributed by atoms with Gasteiger partial charge in [-0.1, -0.05) is 27.2 Å². The second-order valence-electron chi connectivity index (χ2n) is 7.62. The summed E-state index contributed by atoms with van der Waals surface area (Å²) >= 11 is 0. The minimum absolute atomic E-state index is 0.0214. The second-order valence-corrected chi connectivity index (χ2v) is 7.62. The lowest BCUT2D eigenvalue weighted by atomic mass is 9.83. The minimum Gasteiger partial charge on any atom is -0.466 e. The molecule has 1 aromatic rings. The molecule has 0 radical (unpaired) electrons. The largest absolute Gasteiger partial charge is 0.466 e. The summed E-state index contributed by atoms with van der Waals surface area (Å²) in [5.74, 6) is 0.131. The average Bonchev–Trinajstić information content (AvgIpc) is 3.14. The van der Waals surface area contributed by atoms with Crippen molar-refractivity contribution >= 4 is 17.8 Å². The van der Waals surface area contributed by atoms with Gasteiger partial charge in [-0.25, -0.2) is 4.79 Å². The number of aryl methyl sites for hydroxylation is 1. The van der Waals surface area contributed by atoms with Gasteiger partial charge in [-0.15, -0.1) is 0 Å². The summed E-state index contributed by atoms with van der Waals surface area (Å²) in [6.07, 6.45) is 1.46. The maximum absolute atomic E-state index is 12.8. The van der Waals surface area contributed by atoms with Gasteiger partial charge in [-0.05, 0) is 25.7 Å². The number of carbonyl (C=O) groups is 3. The fraction of sp³-hybridized carbons (Fsp3) is 0.632. The van der Waals surface area contributed by atoms with Gasteiger partial charge in [-0.2, -0.15) is 0 Å². The second kappa shape index (κ2) is 8.56. The third kappa shape index (κ3) is 5.56. The Bertz CT molecular complexity index is 696. The van der Waals surface area contributed by atoms with Crippen LogP contribution >= 0.6 is 0 Å². The minimum atomic E-state index is -0.847. The van der Waals surface area contributed by atoms with Crippen molar-refractivity contribution < 1.29 is 28.3 Å². The molecule has 1 aliphatic heterocycles. The first-order chi connectivity index (χ1) is 12.6. The lowest BCUT2D eigenvalue weighted by Crippen LogP contribution is -2.54. The van der Waals surface area contributed by atoms with Crippen LogP contribution in [0.25, 0.3) is 0 Å². The van der Waals surface area contributed by atoms with Crippen LogP contribution in [-0.4, -0.2) is 42.6 Å². The van der Waals surface area contributed by atoms with Crippen molar-refractivity contribution in [1.82, 2.24) is 10.6 Å². The first-order valence-electron chi connectivity index (χ1n) is 9.10. The van der Waals surface area contributed by atoms with Crippen molar-refractivity contribution in [1.29, 1.82) is 0 Å². The Morgan fingerprint density at radius 2 is 2.11 bits per heavy atom. The van der Waals surface area contributed by atoms with E-state index in [1.807, 2.05) is 20.8 Å². The van der Waals surface area contributed by atoms with Crippen molar-refractivity contribution in [2.75, 3.05) is 6.61 Å². The Morgan fingerprint density at radius 3 is 2.63 bits per heavy atom. The number of rotatable bonds is 7. The molecule has 3 atom stereocenters. The van der Waals surface area contributed by atoms with Crippen molar-refractivity contribution in [3.8, 4) is 5.75 Å². The maximum atomic E-state index is 12.8. The van der Waals surface area contributed by atoms with E-state index in [9.17, 15) is 14.4 Å². The normalized spacial score (nSPS) is 21.0. The van der Waals surface area contributed by atoms with Gasteiger partial charge in [0.15, 0.2) is 11.5 Å².